The quantitative estimate of drug-likeness (QED) is 0.615. The van der Waals surface area contributed by atoms with Gasteiger partial charge in [0.25, 0.3) is 17.7 Å². The summed E-state index contributed by atoms with van der Waals surface area (Å²) in [5.74, 6) is -0.688. The number of amides is 3. The van der Waals surface area contributed by atoms with E-state index < -0.39 is 5.91 Å². The van der Waals surface area contributed by atoms with Crippen LogP contribution in [0.5, 0.6) is 0 Å². The molecule has 3 amide bonds. The first-order chi connectivity index (χ1) is 13.6. The van der Waals surface area contributed by atoms with Crippen molar-refractivity contribution in [1.82, 2.24) is 10.6 Å². The Hall–Kier alpha value is -3.87. The number of hydrogen-bond acceptors (Lipinski definition) is 4. The van der Waals surface area contributed by atoms with Gasteiger partial charge in [-0.15, -0.1) is 0 Å². The minimum absolute atomic E-state index is 0.186. The molecule has 0 atom stereocenters. The lowest BCUT2D eigenvalue weighted by molar-refractivity contribution is 0.0947. The van der Waals surface area contributed by atoms with Crippen LogP contribution in [0.15, 0.2) is 71.3 Å². The van der Waals surface area contributed by atoms with Crippen LogP contribution in [0, 0.1) is 0 Å². The molecule has 0 aliphatic heterocycles. The first-order valence-corrected chi connectivity index (χ1v) is 8.61. The Morgan fingerprint density at radius 2 is 1.61 bits per heavy atom. The van der Waals surface area contributed by atoms with Gasteiger partial charge in [0.1, 0.15) is 0 Å². The normalized spacial score (nSPS) is 10.2. The molecule has 1 heterocycles. The second-order valence-electron chi connectivity index (χ2n) is 5.97. The summed E-state index contributed by atoms with van der Waals surface area (Å²) in [5, 5.41) is 8.05. The number of nitrogens with one attached hydrogen (secondary N) is 3. The van der Waals surface area contributed by atoms with Crippen LogP contribution in [0.1, 0.15) is 36.8 Å². The topological polar surface area (TPSA) is 100 Å². The zero-order valence-corrected chi connectivity index (χ0v) is 15.2. The summed E-state index contributed by atoms with van der Waals surface area (Å²) in [4.78, 5) is 36.2. The SMILES string of the molecule is CNC(=O)c1cccc(CNC(=O)c2cccc(NC(=O)c3ccco3)c2)c1. The molecule has 2 aromatic carbocycles. The van der Waals surface area contributed by atoms with Gasteiger partial charge in [-0.1, -0.05) is 18.2 Å². The third-order valence-corrected chi connectivity index (χ3v) is 4.00. The van der Waals surface area contributed by atoms with Gasteiger partial charge in [0, 0.05) is 30.4 Å². The first kappa shape index (κ1) is 18.9. The number of hydrogen-bond donors (Lipinski definition) is 3. The zero-order valence-electron chi connectivity index (χ0n) is 15.2. The Kier molecular flexibility index (Phi) is 5.86. The van der Waals surface area contributed by atoms with E-state index >= 15 is 0 Å². The first-order valence-electron chi connectivity index (χ1n) is 8.61. The molecule has 0 saturated heterocycles. The van der Waals surface area contributed by atoms with E-state index in [0.717, 1.165) is 5.56 Å². The van der Waals surface area contributed by atoms with Crippen LogP contribution >= 0.6 is 0 Å². The summed E-state index contributed by atoms with van der Waals surface area (Å²) >= 11 is 0. The van der Waals surface area contributed by atoms with Crippen molar-refractivity contribution in [1.29, 1.82) is 0 Å². The van der Waals surface area contributed by atoms with Gasteiger partial charge in [0.2, 0.25) is 0 Å². The van der Waals surface area contributed by atoms with Gasteiger partial charge in [-0.2, -0.15) is 0 Å². The fraction of sp³-hybridized carbons (Fsp3) is 0.0952. The highest BCUT2D eigenvalue weighted by Crippen LogP contribution is 2.13. The average molecular weight is 377 g/mol. The molecule has 1 aromatic heterocycles. The number of anilines is 1. The molecule has 0 fully saturated rings. The Bertz CT molecular complexity index is 996. The van der Waals surface area contributed by atoms with E-state index in [4.69, 9.17) is 4.42 Å². The van der Waals surface area contributed by atoms with Crippen LogP contribution in [-0.2, 0) is 6.54 Å². The fourth-order valence-electron chi connectivity index (χ4n) is 2.59. The van der Waals surface area contributed by atoms with Crippen molar-refractivity contribution < 1.29 is 18.8 Å². The van der Waals surface area contributed by atoms with E-state index in [-0.39, 0.29) is 24.1 Å². The molecule has 7 nitrogen and oxygen atoms in total. The molecule has 0 saturated carbocycles. The van der Waals surface area contributed by atoms with Gasteiger partial charge in [-0.05, 0) is 48.0 Å². The predicted molar refractivity (Wildman–Crippen MR) is 104 cm³/mol. The Morgan fingerprint density at radius 3 is 2.32 bits per heavy atom. The third kappa shape index (κ3) is 4.64. The largest absolute Gasteiger partial charge is 0.459 e. The molecular weight excluding hydrogens is 358 g/mol. The molecule has 0 bridgehead atoms. The Morgan fingerprint density at radius 1 is 0.857 bits per heavy atom. The van der Waals surface area contributed by atoms with Gasteiger partial charge in [0.15, 0.2) is 5.76 Å². The molecule has 3 N–H and O–H groups in total. The molecular formula is C21H19N3O4. The lowest BCUT2D eigenvalue weighted by Crippen LogP contribution is -2.23. The standard InChI is InChI=1S/C21H19N3O4/c1-22-19(25)15-6-2-5-14(11-15)13-23-20(26)16-7-3-8-17(12-16)24-21(27)18-9-4-10-28-18/h2-12H,13H2,1H3,(H,22,25)(H,23,26)(H,24,27). The van der Waals surface area contributed by atoms with Crippen molar-refractivity contribution >= 4 is 23.4 Å². The molecule has 0 radical (unpaired) electrons. The monoisotopic (exact) mass is 377 g/mol. The molecule has 0 aliphatic carbocycles. The van der Waals surface area contributed by atoms with Gasteiger partial charge in [0.05, 0.1) is 6.26 Å². The molecule has 3 aromatic rings. The lowest BCUT2D eigenvalue weighted by Gasteiger charge is -2.09. The highest BCUT2D eigenvalue weighted by atomic mass is 16.3. The average Bonchev–Trinajstić information content (AvgIpc) is 3.27. The number of carbonyl (C=O) groups is 3. The molecule has 0 aliphatic rings. The van der Waals surface area contributed by atoms with Gasteiger partial charge in [-0.25, -0.2) is 0 Å². The number of benzene rings is 2. The van der Waals surface area contributed by atoms with Crippen molar-refractivity contribution in [3.05, 3.63) is 89.4 Å². The van der Waals surface area contributed by atoms with E-state index in [2.05, 4.69) is 16.0 Å². The number of carbonyl (C=O) groups excluding carboxylic acids is 3. The van der Waals surface area contributed by atoms with Gasteiger partial charge >= 0.3 is 0 Å². The van der Waals surface area contributed by atoms with Crippen molar-refractivity contribution in [2.45, 2.75) is 6.54 Å². The van der Waals surface area contributed by atoms with Crippen molar-refractivity contribution in [3.63, 3.8) is 0 Å². The van der Waals surface area contributed by atoms with Crippen molar-refractivity contribution in [2.75, 3.05) is 12.4 Å². The summed E-state index contributed by atoms with van der Waals surface area (Å²) in [6.07, 6.45) is 1.41. The fourth-order valence-corrected chi connectivity index (χ4v) is 2.59. The van der Waals surface area contributed by atoms with Crippen molar-refractivity contribution in [3.8, 4) is 0 Å². The Balaban J connectivity index is 1.63. The summed E-state index contributed by atoms with van der Waals surface area (Å²) in [5.41, 5.74) is 2.21. The molecule has 3 rings (SSSR count). The maximum atomic E-state index is 12.4. The van der Waals surface area contributed by atoms with E-state index in [1.165, 1.54) is 6.26 Å². The second-order valence-corrected chi connectivity index (χ2v) is 5.97. The smallest absolute Gasteiger partial charge is 0.291 e. The van der Waals surface area contributed by atoms with Gasteiger partial charge < -0.3 is 20.4 Å². The van der Waals surface area contributed by atoms with E-state index in [0.29, 0.717) is 16.8 Å². The number of rotatable bonds is 6. The van der Waals surface area contributed by atoms with E-state index in [1.807, 2.05) is 6.07 Å². The van der Waals surface area contributed by atoms with Crippen LogP contribution in [0.4, 0.5) is 5.69 Å². The molecule has 142 valence electrons. The highest BCUT2D eigenvalue weighted by Gasteiger charge is 2.11. The molecule has 7 heteroatoms. The molecule has 28 heavy (non-hydrogen) atoms. The third-order valence-electron chi connectivity index (χ3n) is 4.00. The van der Waals surface area contributed by atoms with E-state index in [9.17, 15) is 14.4 Å². The van der Waals surface area contributed by atoms with Crippen LogP contribution in [0.3, 0.4) is 0 Å². The summed E-state index contributed by atoms with van der Waals surface area (Å²) in [7, 11) is 1.56. The van der Waals surface area contributed by atoms with Crippen LogP contribution in [-0.4, -0.2) is 24.8 Å². The summed E-state index contributed by atoms with van der Waals surface area (Å²) < 4.78 is 5.05. The summed E-state index contributed by atoms with van der Waals surface area (Å²) in [6, 6.07) is 16.8. The number of furan rings is 1. The minimum Gasteiger partial charge on any atom is -0.459 e. The minimum atomic E-state index is -0.395. The van der Waals surface area contributed by atoms with E-state index in [1.54, 1.807) is 61.6 Å². The van der Waals surface area contributed by atoms with Crippen LogP contribution < -0.4 is 16.0 Å². The van der Waals surface area contributed by atoms with Gasteiger partial charge in [-0.3, -0.25) is 14.4 Å². The summed E-state index contributed by atoms with van der Waals surface area (Å²) in [6.45, 7) is 0.270. The Labute approximate surface area is 161 Å². The maximum absolute atomic E-state index is 12.4. The maximum Gasteiger partial charge on any atom is 0.291 e. The zero-order chi connectivity index (χ0) is 19.9. The lowest BCUT2D eigenvalue weighted by atomic mass is 10.1. The molecule has 0 spiro atoms. The van der Waals surface area contributed by atoms with Crippen LogP contribution in [0.2, 0.25) is 0 Å². The highest BCUT2D eigenvalue weighted by molar-refractivity contribution is 6.03. The van der Waals surface area contributed by atoms with Crippen LogP contribution in [0.25, 0.3) is 0 Å². The van der Waals surface area contributed by atoms with Crippen molar-refractivity contribution in [2.24, 2.45) is 0 Å². The second kappa shape index (κ2) is 8.68. The molecule has 0 unspecified atom stereocenters. The predicted octanol–water partition coefficient (Wildman–Crippen LogP) is 2.82.